The van der Waals surface area contributed by atoms with Crippen molar-refractivity contribution in [1.82, 2.24) is 14.8 Å². The summed E-state index contributed by atoms with van der Waals surface area (Å²) >= 11 is 0. The van der Waals surface area contributed by atoms with Gasteiger partial charge >= 0.3 is 0 Å². The van der Waals surface area contributed by atoms with Crippen LogP contribution in [0.4, 0.5) is 0 Å². The van der Waals surface area contributed by atoms with Gasteiger partial charge < -0.3 is 9.80 Å². The van der Waals surface area contributed by atoms with Crippen molar-refractivity contribution in [2.45, 2.75) is 19.4 Å². The summed E-state index contributed by atoms with van der Waals surface area (Å²) in [6, 6.07) is 20.0. The molecule has 3 atom stereocenters. The molecule has 3 aromatic rings. The van der Waals surface area contributed by atoms with Gasteiger partial charge in [0, 0.05) is 49.5 Å². The highest BCUT2D eigenvalue weighted by atomic mass is 16.2. The van der Waals surface area contributed by atoms with Crippen molar-refractivity contribution in [2.75, 3.05) is 19.6 Å². The summed E-state index contributed by atoms with van der Waals surface area (Å²) < 4.78 is 0. The molecule has 2 aromatic carbocycles. The number of carbonyl (C=O) groups is 2. The van der Waals surface area contributed by atoms with Gasteiger partial charge in [-0.05, 0) is 17.0 Å². The second-order valence-electron chi connectivity index (χ2n) is 8.31. The quantitative estimate of drug-likeness (QED) is 0.671. The van der Waals surface area contributed by atoms with Crippen LogP contribution in [-0.4, -0.2) is 46.2 Å². The minimum atomic E-state index is -0.0355. The van der Waals surface area contributed by atoms with E-state index in [1.54, 1.807) is 6.20 Å². The third kappa shape index (κ3) is 3.15. The van der Waals surface area contributed by atoms with E-state index in [-0.39, 0.29) is 23.8 Å². The van der Waals surface area contributed by atoms with Gasteiger partial charge in [-0.15, -0.1) is 0 Å². The number of nitrogens with zero attached hydrogens (tertiary/aromatic N) is 3. The fourth-order valence-corrected chi connectivity index (χ4v) is 5.11. The zero-order chi connectivity index (χ0) is 20.7. The fraction of sp³-hybridized carbons (Fsp3) is 0.320. The predicted molar refractivity (Wildman–Crippen MR) is 116 cm³/mol. The molecule has 2 aliphatic heterocycles. The Balaban J connectivity index is 1.49. The van der Waals surface area contributed by atoms with Crippen molar-refractivity contribution in [2.24, 2.45) is 11.8 Å². The van der Waals surface area contributed by atoms with Crippen molar-refractivity contribution in [3.63, 3.8) is 0 Å². The SMILES string of the molecule is CCC(=O)N1C[C@H]2CN(C(=O)c3cc4ccccc4cn3)[C@H](c3ccccc3)[C@H]2C1. The molecule has 5 nitrogen and oxygen atoms in total. The molecule has 5 heteroatoms. The standard InChI is InChI=1S/C25H25N3O2/c1-2-23(29)27-14-20-15-28(24(21(20)16-27)17-8-4-3-5-9-17)25(30)22-12-18-10-6-7-11-19(18)13-26-22/h3-13,20-21,24H,2,14-16H2,1H3/t20-,21-,24+/m0/s1. The van der Waals surface area contributed by atoms with Crippen LogP contribution < -0.4 is 0 Å². The van der Waals surface area contributed by atoms with E-state index in [0.717, 1.165) is 22.9 Å². The fourth-order valence-electron chi connectivity index (χ4n) is 5.11. The molecule has 1 aromatic heterocycles. The lowest BCUT2D eigenvalue weighted by Crippen LogP contribution is -2.37. The van der Waals surface area contributed by atoms with Gasteiger partial charge in [-0.25, -0.2) is 0 Å². The van der Waals surface area contributed by atoms with Crippen LogP contribution in [0.15, 0.2) is 66.9 Å². The van der Waals surface area contributed by atoms with E-state index in [0.29, 0.717) is 31.1 Å². The zero-order valence-corrected chi connectivity index (χ0v) is 17.1. The number of rotatable bonds is 3. The lowest BCUT2D eigenvalue weighted by atomic mass is 9.89. The summed E-state index contributed by atoms with van der Waals surface area (Å²) in [5, 5.41) is 2.05. The summed E-state index contributed by atoms with van der Waals surface area (Å²) in [6.45, 7) is 4.01. The molecule has 2 fully saturated rings. The molecule has 0 spiro atoms. The van der Waals surface area contributed by atoms with E-state index >= 15 is 0 Å². The third-order valence-electron chi connectivity index (χ3n) is 6.57. The van der Waals surface area contributed by atoms with Gasteiger partial charge in [-0.1, -0.05) is 61.5 Å². The number of fused-ring (bicyclic) bond motifs is 2. The normalized spacial score (nSPS) is 23.0. The van der Waals surface area contributed by atoms with Crippen LogP contribution in [-0.2, 0) is 4.79 Å². The Hall–Kier alpha value is -3.21. The van der Waals surface area contributed by atoms with E-state index in [2.05, 4.69) is 17.1 Å². The largest absolute Gasteiger partial charge is 0.342 e. The molecule has 0 unspecified atom stereocenters. The lowest BCUT2D eigenvalue weighted by molar-refractivity contribution is -0.130. The second-order valence-corrected chi connectivity index (χ2v) is 8.31. The third-order valence-corrected chi connectivity index (χ3v) is 6.57. The Morgan fingerprint density at radius 1 is 0.967 bits per heavy atom. The van der Waals surface area contributed by atoms with E-state index < -0.39 is 0 Å². The molecule has 0 aliphatic carbocycles. The minimum absolute atomic E-state index is 0.0302. The molecule has 5 rings (SSSR count). The second kappa shape index (κ2) is 7.56. The predicted octanol–water partition coefficient (Wildman–Crippen LogP) is 3.92. The van der Waals surface area contributed by atoms with Crippen LogP contribution >= 0.6 is 0 Å². The summed E-state index contributed by atoms with van der Waals surface area (Å²) in [6.07, 6.45) is 2.30. The first kappa shape index (κ1) is 18.8. The lowest BCUT2D eigenvalue weighted by Gasteiger charge is -2.30. The minimum Gasteiger partial charge on any atom is -0.342 e. The van der Waals surface area contributed by atoms with Gasteiger partial charge in [0.15, 0.2) is 0 Å². The van der Waals surface area contributed by atoms with Gasteiger partial charge in [0.25, 0.3) is 5.91 Å². The van der Waals surface area contributed by atoms with Crippen LogP contribution in [0.5, 0.6) is 0 Å². The Morgan fingerprint density at radius 3 is 2.47 bits per heavy atom. The number of hydrogen-bond acceptors (Lipinski definition) is 3. The Labute approximate surface area is 176 Å². The number of aromatic nitrogens is 1. The molecule has 3 heterocycles. The van der Waals surface area contributed by atoms with Crippen molar-refractivity contribution in [1.29, 1.82) is 0 Å². The molecule has 0 saturated carbocycles. The summed E-state index contributed by atoms with van der Waals surface area (Å²) in [7, 11) is 0. The molecule has 0 N–H and O–H groups in total. The molecular formula is C25H25N3O2. The van der Waals surface area contributed by atoms with E-state index in [9.17, 15) is 9.59 Å². The summed E-state index contributed by atoms with van der Waals surface area (Å²) in [4.78, 5) is 34.3. The number of likely N-dealkylation sites (tertiary alicyclic amines) is 2. The first-order valence-electron chi connectivity index (χ1n) is 10.6. The molecule has 0 radical (unpaired) electrons. The van der Waals surface area contributed by atoms with E-state index in [1.165, 1.54) is 0 Å². The number of amides is 2. The number of benzene rings is 2. The van der Waals surface area contributed by atoms with Crippen molar-refractivity contribution >= 4 is 22.6 Å². The molecule has 2 aliphatic rings. The molecule has 30 heavy (non-hydrogen) atoms. The molecule has 2 amide bonds. The first-order chi connectivity index (χ1) is 14.7. The number of pyridine rings is 1. The van der Waals surface area contributed by atoms with Gasteiger partial charge in [0.05, 0.1) is 6.04 Å². The maximum absolute atomic E-state index is 13.6. The summed E-state index contributed by atoms with van der Waals surface area (Å²) in [5.41, 5.74) is 1.61. The molecule has 0 bridgehead atoms. The van der Waals surface area contributed by atoms with E-state index in [1.807, 2.05) is 65.3 Å². The van der Waals surface area contributed by atoms with Crippen molar-refractivity contribution < 1.29 is 9.59 Å². The monoisotopic (exact) mass is 399 g/mol. The topological polar surface area (TPSA) is 53.5 Å². The van der Waals surface area contributed by atoms with Gasteiger partial charge in [0.2, 0.25) is 5.91 Å². The zero-order valence-electron chi connectivity index (χ0n) is 17.1. The molecule has 2 saturated heterocycles. The van der Waals surface area contributed by atoms with Crippen LogP contribution in [0.1, 0.15) is 35.4 Å². The molecule has 152 valence electrons. The maximum atomic E-state index is 13.6. The maximum Gasteiger partial charge on any atom is 0.273 e. The van der Waals surface area contributed by atoms with Crippen molar-refractivity contribution in [3.8, 4) is 0 Å². The van der Waals surface area contributed by atoms with Gasteiger partial charge in [0.1, 0.15) is 5.69 Å². The molecular weight excluding hydrogens is 374 g/mol. The van der Waals surface area contributed by atoms with Gasteiger partial charge in [-0.2, -0.15) is 0 Å². The number of hydrogen-bond donors (Lipinski definition) is 0. The highest BCUT2D eigenvalue weighted by Crippen LogP contribution is 2.45. The smallest absolute Gasteiger partial charge is 0.273 e. The first-order valence-corrected chi connectivity index (χ1v) is 10.6. The highest BCUT2D eigenvalue weighted by Gasteiger charge is 2.50. The Bertz CT molecular complexity index is 1100. The average Bonchev–Trinajstić information content (AvgIpc) is 3.36. The summed E-state index contributed by atoms with van der Waals surface area (Å²) in [5.74, 6) is 0.727. The van der Waals surface area contributed by atoms with Crippen LogP contribution in [0, 0.1) is 11.8 Å². The van der Waals surface area contributed by atoms with E-state index in [4.69, 9.17) is 0 Å². The van der Waals surface area contributed by atoms with Crippen LogP contribution in [0.3, 0.4) is 0 Å². The van der Waals surface area contributed by atoms with Crippen LogP contribution in [0.25, 0.3) is 10.8 Å². The van der Waals surface area contributed by atoms with Crippen LogP contribution in [0.2, 0.25) is 0 Å². The van der Waals surface area contributed by atoms with Crippen molar-refractivity contribution in [3.05, 3.63) is 78.1 Å². The highest BCUT2D eigenvalue weighted by molar-refractivity contribution is 5.96. The average molecular weight is 399 g/mol. The number of carbonyl (C=O) groups excluding carboxylic acids is 2. The Morgan fingerprint density at radius 2 is 1.70 bits per heavy atom. The van der Waals surface area contributed by atoms with Gasteiger partial charge in [-0.3, -0.25) is 14.6 Å². The Kier molecular flexibility index (Phi) is 4.74.